The minimum atomic E-state index is -0.384. The number of hydrogen-bond acceptors (Lipinski definition) is 2. The van der Waals surface area contributed by atoms with Crippen LogP contribution in [0.4, 0.5) is 0 Å². The molecule has 1 atom stereocenters. The first kappa shape index (κ1) is 14.5. The van der Waals surface area contributed by atoms with Gasteiger partial charge in [-0.2, -0.15) is 0 Å². The van der Waals surface area contributed by atoms with E-state index in [0.29, 0.717) is 18.0 Å². The van der Waals surface area contributed by atoms with E-state index in [1.165, 1.54) is 0 Å². The van der Waals surface area contributed by atoms with Crippen molar-refractivity contribution in [3.8, 4) is 0 Å². The zero-order valence-corrected chi connectivity index (χ0v) is 13.2. The molecule has 0 radical (unpaired) electrons. The summed E-state index contributed by atoms with van der Waals surface area (Å²) in [4.78, 5) is 14.0. The van der Waals surface area contributed by atoms with Gasteiger partial charge in [-0.25, -0.2) is 0 Å². The Hall–Kier alpha value is -0.870. The minimum absolute atomic E-state index is 0.0206. The van der Waals surface area contributed by atoms with E-state index in [1.807, 2.05) is 26.0 Å². The number of likely N-dealkylation sites (N-methyl/N-ethyl adjacent to an activating group) is 1. The van der Waals surface area contributed by atoms with Crippen LogP contribution in [0.15, 0.2) is 16.6 Å². The fraction of sp³-hybridized carbons (Fsp3) is 0.533. The zero-order valence-electron chi connectivity index (χ0n) is 11.6. The summed E-state index contributed by atoms with van der Waals surface area (Å²) in [6, 6.07) is 3.87. The van der Waals surface area contributed by atoms with Crippen molar-refractivity contribution in [3.63, 3.8) is 0 Å². The van der Waals surface area contributed by atoms with Gasteiger partial charge >= 0.3 is 0 Å². The number of rotatable bonds is 4. The summed E-state index contributed by atoms with van der Waals surface area (Å²) in [5, 5.41) is 9.92. The summed E-state index contributed by atoms with van der Waals surface area (Å²) in [7, 11) is 1.75. The summed E-state index contributed by atoms with van der Waals surface area (Å²) < 4.78 is 1.02. The van der Waals surface area contributed by atoms with E-state index in [4.69, 9.17) is 0 Å². The molecular formula is C15H20BrNO2. The van der Waals surface area contributed by atoms with E-state index in [9.17, 15) is 9.90 Å². The number of aryl methyl sites for hydroxylation is 2. The van der Waals surface area contributed by atoms with E-state index in [0.717, 1.165) is 28.4 Å². The lowest BCUT2D eigenvalue weighted by Gasteiger charge is -2.22. The Morgan fingerprint density at radius 2 is 2.05 bits per heavy atom. The molecule has 0 aromatic heterocycles. The summed E-state index contributed by atoms with van der Waals surface area (Å²) in [5.41, 5.74) is 2.71. The Labute approximate surface area is 122 Å². The molecule has 19 heavy (non-hydrogen) atoms. The van der Waals surface area contributed by atoms with Gasteiger partial charge in [-0.3, -0.25) is 4.79 Å². The molecule has 1 aliphatic carbocycles. The first-order valence-electron chi connectivity index (χ1n) is 6.60. The number of carbonyl (C=O) groups excluding carboxylic acids is 1. The average molecular weight is 326 g/mol. The van der Waals surface area contributed by atoms with E-state index >= 15 is 0 Å². The number of halogens is 1. The number of aliphatic hydroxyl groups excluding tert-OH is 1. The molecule has 1 aromatic carbocycles. The topological polar surface area (TPSA) is 40.5 Å². The summed E-state index contributed by atoms with van der Waals surface area (Å²) in [6.45, 7) is 4.32. The van der Waals surface area contributed by atoms with Crippen molar-refractivity contribution in [1.82, 2.24) is 4.90 Å². The average Bonchev–Trinajstić information content (AvgIpc) is 3.16. The Morgan fingerprint density at radius 1 is 1.42 bits per heavy atom. The van der Waals surface area contributed by atoms with Crippen LogP contribution in [-0.4, -0.2) is 35.6 Å². The van der Waals surface area contributed by atoms with Crippen LogP contribution in [0.5, 0.6) is 0 Å². The van der Waals surface area contributed by atoms with Crippen molar-refractivity contribution >= 4 is 21.8 Å². The number of amides is 1. The highest BCUT2D eigenvalue weighted by Gasteiger charge is 2.31. The number of aliphatic hydroxyl groups is 1. The van der Waals surface area contributed by atoms with Crippen LogP contribution in [0.1, 0.15) is 34.3 Å². The molecule has 3 nitrogen and oxygen atoms in total. The molecule has 1 unspecified atom stereocenters. The van der Waals surface area contributed by atoms with Crippen molar-refractivity contribution in [2.75, 3.05) is 13.6 Å². The Balaban J connectivity index is 2.11. The molecule has 4 heteroatoms. The maximum absolute atomic E-state index is 12.4. The van der Waals surface area contributed by atoms with Gasteiger partial charge < -0.3 is 10.0 Å². The smallest absolute Gasteiger partial charge is 0.253 e. The molecule has 1 aromatic rings. The summed E-state index contributed by atoms with van der Waals surface area (Å²) >= 11 is 3.47. The van der Waals surface area contributed by atoms with Crippen LogP contribution in [-0.2, 0) is 0 Å². The summed E-state index contributed by atoms with van der Waals surface area (Å²) in [6.07, 6.45) is 1.78. The fourth-order valence-corrected chi connectivity index (χ4v) is 2.67. The molecule has 1 saturated carbocycles. The first-order valence-corrected chi connectivity index (χ1v) is 7.39. The Morgan fingerprint density at radius 3 is 2.63 bits per heavy atom. The highest BCUT2D eigenvalue weighted by Crippen LogP contribution is 2.33. The van der Waals surface area contributed by atoms with Crippen molar-refractivity contribution in [2.45, 2.75) is 32.8 Å². The van der Waals surface area contributed by atoms with Crippen LogP contribution in [0, 0.1) is 19.8 Å². The number of hydrogen-bond donors (Lipinski definition) is 1. The molecule has 1 aliphatic rings. The van der Waals surface area contributed by atoms with Crippen LogP contribution in [0.25, 0.3) is 0 Å². The van der Waals surface area contributed by atoms with Gasteiger partial charge in [0.2, 0.25) is 0 Å². The lowest BCUT2D eigenvalue weighted by molar-refractivity contribution is 0.0644. The minimum Gasteiger partial charge on any atom is -0.391 e. The highest BCUT2D eigenvalue weighted by molar-refractivity contribution is 9.10. The zero-order chi connectivity index (χ0) is 14.2. The van der Waals surface area contributed by atoms with Crippen molar-refractivity contribution in [2.24, 2.45) is 5.92 Å². The third kappa shape index (κ3) is 3.37. The van der Waals surface area contributed by atoms with Gasteiger partial charge in [0.1, 0.15) is 0 Å². The monoisotopic (exact) mass is 325 g/mol. The van der Waals surface area contributed by atoms with Crippen LogP contribution in [0.3, 0.4) is 0 Å². The van der Waals surface area contributed by atoms with Gasteiger partial charge in [0.05, 0.1) is 6.10 Å². The van der Waals surface area contributed by atoms with E-state index in [2.05, 4.69) is 15.9 Å². The van der Waals surface area contributed by atoms with Gasteiger partial charge in [0.25, 0.3) is 5.91 Å². The molecule has 0 saturated heterocycles. The maximum Gasteiger partial charge on any atom is 0.253 e. The molecule has 1 amide bonds. The molecule has 1 fully saturated rings. The maximum atomic E-state index is 12.4. The van der Waals surface area contributed by atoms with Crippen LogP contribution < -0.4 is 0 Å². The van der Waals surface area contributed by atoms with Crippen LogP contribution >= 0.6 is 15.9 Å². The van der Waals surface area contributed by atoms with Gasteiger partial charge in [-0.05, 0) is 55.9 Å². The molecular weight excluding hydrogens is 306 g/mol. The van der Waals surface area contributed by atoms with E-state index in [-0.39, 0.29) is 12.0 Å². The lowest BCUT2D eigenvalue weighted by Crippen LogP contribution is -2.35. The molecule has 0 heterocycles. The third-order valence-corrected chi connectivity index (χ3v) is 4.56. The predicted molar refractivity (Wildman–Crippen MR) is 79.3 cm³/mol. The lowest BCUT2D eigenvalue weighted by atomic mass is 10.0. The molecule has 2 rings (SSSR count). The second-order valence-corrected chi connectivity index (χ2v) is 6.36. The number of carbonyl (C=O) groups is 1. The quantitative estimate of drug-likeness (QED) is 0.924. The standard InChI is InChI=1S/C15H20BrNO2/c1-9-7-13(16)10(2)6-12(9)15(19)17(3)8-14(18)11-4-5-11/h6-7,11,14,18H,4-5,8H2,1-3H3. The first-order chi connectivity index (χ1) is 8.90. The summed E-state index contributed by atoms with van der Waals surface area (Å²) in [5.74, 6) is 0.371. The molecule has 1 N–H and O–H groups in total. The normalized spacial score (nSPS) is 16.3. The van der Waals surface area contributed by atoms with E-state index in [1.54, 1.807) is 11.9 Å². The predicted octanol–water partition coefficient (Wildman–Crippen LogP) is 2.91. The SMILES string of the molecule is Cc1cc(C(=O)N(C)CC(O)C2CC2)c(C)cc1Br. The molecule has 0 bridgehead atoms. The largest absolute Gasteiger partial charge is 0.391 e. The molecule has 0 spiro atoms. The van der Waals surface area contributed by atoms with E-state index < -0.39 is 0 Å². The number of benzene rings is 1. The van der Waals surface area contributed by atoms with Gasteiger partial charge in [-0.15, -0.1) is 0 Å². The Kier molecular flexibility index (Phi) is 4.31. The molecule has 0 aliphatic heterocycles. The Bertz CT molecular complexity index is 497. The fourth-order valence-electron chi connectivity index (χ4n) is 2.21. The van der Waals surface area contributed by atoms with Crippen molar-refractivity contribution in [3.05, 3.63) is 33.3 Å². The van der Waals surface area contributed by atoms with Crippen LogP contribution in [0.2, 0.25) is 0 Å². The second-order valence-electron chi connectivity index (χ2n) is 5.51. The van der Waals surface area contributed by atoms with Gasteiger partial charge in [-0.1, -0.05) is 15.9 Å². The second kappa shape index (κ2) is 5.63. The van der Waals surface area contributed by atoms with Crippen molar-refractivity contribution < 1.29 is 9.90 Å². The van der Waals surface area contributed by atoms with Crippen molar-refractivity contribution in [1.29, 1.82) is 0 Å². The highest BCUT2D eigenvalue weighted by atomic mass is 79.9. The third-order valence-electron chi connectivity index (χ3n) is 3.71. The molecule has 104 valence electrons. The van der Waals surface area contributed by atoms with Gasteiger partial charge in [0.15, 0.2) is 0 Å². The number of nitrogens with zero attached hydrogens (tertiary/aromatic N) is 1. The van der Waals surface area contributed by atoms with Gasteiger partial charge in [0, 0.05) is 23.6 Å².